The van der Waals surface area contributed by atoms with E-state index in [2.05, 4.69) is 37.5 Å². The highest BCUT2D eigenvalue weighted by atomic mass is 16.5. The molecule has 0 bridgehead atoms. The van der Waals surface area contributed by atoms with Gasteiger partial charge in [-0.25, -0.2) is 0 Å². The Balaban J connectivity index is 2.12. The van der Waals surface area contributed by atoms with Crippen LogP contribution in [-0.4, -0.2) is 66.3 Å². The Morgan fingerprint density at radius 3 is 2.67 bits per heavy atom. The molecular weight excluding hydrogens is 226 g/mol. The fourth-order valence-corrected chi connectivity index (χ4v) is 3.41. The molecule has 2 N–H and O–H groups in total. The van der Waals surface area contributed by atoms with Crippen molar-refractivity contribution in [2.45, 2.75) is 57.8 Å². The zero-order valence-electron chi connectivity index (χ0n) is 12.4. The van der Waals surface area contributed by atoms with Crippen molar-refractivity contribution in [3.8, 4) is 0 Å². The first-order valence-electron chi connectivity index (χ1n) is 7.31. The molecule has 0 spiro atoms. The summed E-state index contributed by atoms with van der Waals surface area (Å²) in [5.74, 6) is 0. The maximum atomic E-state index is 6.16. The predicted molar refractivity (Wildman–Crippen MR) is 74.7 cm³/mol. The predicted octanol–water partition coefficient (Wildman–Crippen LogP) is 0.907. The topological polar surface area (TPSA) is 41.7 Å². The molecule has 0 aromatic carbocycles. The van der Waals surface area contributed by atoms with Crippen LogP contribution in [0.3, 0.4) is 0 Å². The first kappa shape index (κ1) is 14.3. The SMILES string of the molecule is CC1CN(C2(CN)CCN(C(C)C)C2)C(C)CO1. The van der Waals surface area contributed by atoms with Crippen molar-refractivity contribution < 1.29 is 4.74 Å². The Morgan fingerprint density at radius 2 is 2.11 bits per heavy atom. The summed E-state index contributed by atoms with van der Waals surface area (Å²) in [4.78, 5) is 5.17. The first-order chi connectivity index (χ1) is 8.48. The summed E-state index contributed by atoms with van der Waals surface area (Å²) in [7, 11) is 0. The van der Waals surface area contributed by atoms with Gasteiger partial charge in [0.15, 0.2) is 0 Å². The molecule has 2 saturated heterocycles. The van der Waals surface area contributed by atoms with E-state index in [1.807, 2.05) is 0 Å². The maximum absolute atomic E-state index is 6.16. The van der Waals surface area contributed by atoms with Gasteiger partial charge in [0, 0.05) is 43.8 Å². The van der Waals surface area contributed by atoms with Crippen LogP contribution in [0.4, 0.5) is 0 Å². The van der Waals surface area contributed by atoms with Gasteiger partial charge in [-0.1, -0.05) is 0 Å². The molecule has 106 valence electrons. The number of morpholine rings is 1. The van der Waals surface area contributed by atoms with Gasteiger partial charge in [-0.3, -0.25) is 9.80 Å². The van der Waals surface area contributed by atoms with Gasteiger partial charge in [-0.2, -0.15) is 0 Å². The molecule has 0 aliphatic carbocycles. The van der Waals surface area contributed by atoms with E-state index in [1.54, 1.807) is 0 Å². The second-order valence-electron chi connectivity index (χ2n) is 6.39. The summed E-state index contributed by atoms with van der Waals surface area (Å²) in [6.45, 7) is 13.9. The molecule has 3 unspecified atom stereocenters. The van der Waals surface area contributed by atoms with Crippen LogP contribution in [0.2, 0.25) is 0 Å². The van der Waals surface area contributed by atoms with Crippen molar-refractivity contribution in [2.75, 3.05) is 32.8 Å². The standard InChI is InChI=1S/C14H29N3O/c1-11(2)16-6-5-14(9-15,10-16)17-7-13(4)18-8-12(17)3/h11-13H,5-10,15H2,1-4H3. The summed E-state index contributed by atoms with van der Waals surface area (Å²) in [6.07, 6.45) is 1.52. The molecule has 4 heteroatoms. The van der Waals surface area contributed by atoms with Crippen LogP contribution in [0.5, 0.6) is 0 Å². The van der Waals surface area contributed by atoms with Gasteiger partial charge in [0.05, 0.1) is 12.7 Å². The van der Waals surface area contributed by atoms with Crippen molar-refractivity contribution in [2.24, 2.45) is 5.73 Å². The maximum Gasteiger partial charge on any atom is 0.0675 e. The normalized spacial score (nSPS) is 39.7. The van der Waals surface area contributed by atoms with E-state index < -0.39 is 0 Å². The third kappa shape index (κ3) is 2.57. The van der Waals surface area contributed by atoms with E-state index in [1.165, 1.54) is 13.0 Å². The van der Waals surface area contributed by atoms with Gasteiger partial charge in [0.1, 0.15) is 0 Å². The molecule has 0 aromatic heterocycles. The number of nitrogens with zero attached hydrogens (tertiary/aromatic N) is 2. The summed E-state index contributed by atoms with van der Waals surface area (Å²) >= 11 is 0. The highest BCUT2D eigenvalue weighted by Crippen LogP contribution is 2.32. The molecule has 4 nitrogen and oxygen atoms in total. The molecule has 0 amide bonds. The van der Waals surface area contributed by atoms with E-state index in [9.17, 15) is 0 Å². The Hall–Kier alpha value is -0.160. The average Bonchev–Trinajstić information content (AvgIpc) is 2.78. The Kier molecular flexibility index (Phi) is 4.32. The van der Waals surface area contributed by atoms with E-state index in [0.29, 0.717) is 18.2 Å². The molecule has 3 atom stereocenters. The largest absolute Gasteiger partial charge is 0.376 e. The molecule has 0 radical (unpaired) electrons. The van der Waals surface area contributed by atoms with Crippen LogP contribution in [0, 0.1) is 0 Å². The summed E-state index contributed by atoms with van der Waals surface area (Å²) in [5, 5.41) is 0. The second kappa shape index (κ2) is 5.45. The second-order valence-corrected chi connectivity index (χ2v) is 6.39. The van der Waals surface area contributed by atoms with E-state index in [-0.39, 0.29) is 5.54 Å². The van der Waals surface area contributed by atoms with Gasteiger partial charge in [0.2, 0.25) is 0 Å². The fraction of sp³-hybridized carbons (Fsp3) is 1.00. The van der Waals surface area contributed by atoms with E-state index in [0.717, 1.165) is 26.2 Å². The number of likely N-dealkylation sites (tertiary alicyclic amines) is 1. The third-order valence-corrected chi connectivity index (χ3v) is 4.69. The summed E-state index contributed by atoms with van der Waals surface area (Å²) < 4.78 is 5.75. The highest BCUT2D eigenvalue weighted by Gasteiger charge is 2.45. The van der Waals surface area contributed by atoms with Crippen molar-refractivity contribution >= 4 is 0 Å². The highest BCUT2D eigenvalue weighted by molar-refractivity contribution is 5.03. The van der Waals surface area contributed by atoms with Crippen molar-refractivity contribution in [3.05, 3.63) is 0 Å². The van der Waals surface area contributed by atoms with Gasteiger partial charge < -0.3 is 10.5 Å². The lowest BCUT2D eigenvalue weighted by Crippen LogP contribution is -2.63. The van der Waals surface area contributed by atoms with Gasteiger partial charge in [-0.05, 0) is 34.1 Å². The molecule has 2 fully saturated rings. The van der Waals surface area contributed by atoms with Crippen LogP contribution < -0.4 is 5.73 Å². The van der Waals surface area contributed by atoms with E-state index in [4.69, 9.17) is 10.5 Å². The molecule has 2 rings (SSSR count). The lowest BCUT2D eigenvalue weighted by Gasteiger charge is -2.48. The summed E-state index contributed by atoms with van der Waals surface area (Å²) in [5.41, 5.74) is 6.33. The monoisotopic (exact) mass is 255 g/mol. The summed E-state index contributed by atoms with van der Waals surface area (Å²) in [6, 6.07) is 1.10. The minimum absolute atomic E-state index is 0.168. The van der Waals surface area contributed by atoms with Gasteiger partial charge in [-0.15, -0.1) is 0 Å². The number of hydrogen-bond acceptors (Lipinski definition) is 4. The number of nitrogens with two attached hydrogens (primary N) is 1. The molecular formula is C14H29N3O. The smallest absolute Gasteiger partial charge is 0.0675 e. The van der Waals surface area contributed by atoms with Crippen molar-refractivity contribution in [1.82, 2.24) is 9.80 Å². The molecule has 2 heterocycles. The number of rotatable bonds is 3. The molecule has 2 aliphatic rings. The lowest BCUT2D eigenvalue weighted by atomic mass is 9.93. The van der Waals surface area contributed by atoms with Crippen LogP contribution in [-0.2, 0) is 4.74 Å². The van der Waals surface area contributed by atoms with Gasteiger partial charge in [0.25, 0.3) is 0 Å². The Bertz CT molecular complexity index is 284. The molecule has 2 aliphatic heterocycles. The van der Waals surface area contributed by atoms with Crippen LogP contribution >= 0.6 is 0 Å². The Morgan fingerprint density at radius 1 is 1.39 bits per heavy atom. The van der Waals surface area contributed by atoms with Crippen molar-refractivity contribution in [1.29, 1.82) is 0 Å². The zero-order valence-corrected chi connectivity index (χ0v) is 12.4. The van der Waals surface area contributed by atoms with Crippen LogP contribution in [0.15, 0.2) is 0 Å². The average molecular weight is 255 g/mol. The molecule has 0 aromatic rings. The number of hydrogen-bond donors (Lipinski definition) is 1. The zero-order chi connectivity index (χ0) is 13.3. The quantitative estimate of drug-likeness (QED) is 0.814. The third-order valence-electron chi connectivity index (χ3n) is 4.69. The van der Waals surface area contributed by atoms with Gasteiger partial charge >= 0.3 is 0 Å². The molecule has 18 heavy (non-hydrogen) atoms. The van der Waals surface area contributed by atoms with Crippen molar-refractivity contribution in [3.63, 3.8) is 0 Å². The number of ether oxygens (including phenoxy) is 1. The lowest BCUT2D eigenvalue weighted by molar-refractivity contribution is -0.0902. The minimum atomic E-state index is 0.168. The van der Waals surface area contributed by atoms with Crippen LogP contribution in [0.1, 0.15) is 34.1 Å². The Labute approximate surface area is 111 Å². The fourth-order valence-electron chi connectivity index (χ4n) is 3.41. The first-order valence-corrected chi connectivity index (χ1v) is 7.31. The van der Waals surface area contributed by atoms with E-state index >= 15 is 0 Å². The van der Waals surface area contributed by atoms with Crippen LogP contribution in [0.25, 0.3) is 0 Å². The molecule has 0 saturated carbocycles. The minimum Gasteiger partial charge on any atom is -0.376 e.